The largest absolute Gasteiger partial charge is 0.508 e. The third-order valence-electron chi connectivity index (χ3n) is 3.04. The number of nitrogens with zero attached hydrogens (tertiary/aromatic N) is 1. The molecule has 0 aliphatic carbocycles. The van der Waals surface area contributed by atoms with Gasteiger partial charge in [0.1, 0.15) is 5.75 Å². The molecule has 112 valence electrons. The number of likely N-dealkylation sites (N-methyl/N-ethyl adjacent to an activating group) is 1. The van der Waals surface area contributed by atoms with Gasteiger partial charge in [-0.25, -0.2) is 0 Å². The molecule has 0 aliphatic heterocycles. The van der Waals surface area contributed by atoms with Crippen LogP contribution in [-0.4, -0.2) is 24.3 Å². The van der Waals surface area contributed by atoms with Crippen LogP contribution in [-0.2, 0) is 9.59 Å². The van der Waals surface area contributed by atoms with Crippen molar-refractivity contribution in [2.45, 2.75) is 0 Å². The number of anilines is 2. The third kappa shape index (κ3) is 3.96. The number of rotatable bonds is 5. The van der Waals surface area contributed by atoms with Gasteiger partial charge in [0.2, 0.25) is 0 Å². The predicted molar refractivity (Wildman–Crippen MR) is 85.7 cm³/mol. The van der Waals surface area contributed by atoms with E-state index >= 15 is 0 Å². The van der Waals surface area contributed by atoms with E-state index in [0.29, 0.717) is 12.0 Å². The molecule has 0 saturated carbocycles. The molecule has 0 unspecified atom stereocenters. The number of hydrogen-bond donors (Lipinski definition) is 2. The summed E-state index contributed by atoms with van der Waals surface area (Å²) < 4.78 is 0. The smallest absolute Gasteiger partial charge is 0.252 e. The van der Waals surface area contributed by atoms with Crippen LogP contribution in [0.25, 0.3) is 0 Å². The SMILES string of the molecule is CN(C(=O)/C=C(\C=O)Nc1ccc(O)cc1)c1ccccc1. The van der Waals surface area contributed by atoms with Gasteiger partial charge in [-0.05, 0) is 36.4 Å². The van der Waals surface area contributed by atoms with E-state index in [1.54, 1.807) is 31.3 Å². The molecule has 0 fully saturated rings. The zero-order valence-corrected chi connectivity index (χ0v) is 12.1. The summed E-state index contributed by atoms with van der Waals surface area (Å²) >= 11 is 0. The molecule has 0 atom stereocenters. The maximum absolute atomic E-state index is 12.2. The molecular formula is C17H16N2O3. The van der Waals surface area contributed by atoms with E-state index in [9.17, 15) is 14.7 Å². The van der Waals surface area contributed by atoms with E-state index in [2.05, 4.69) is 5.32 Å². The molecule has 0 aromatic heterocycles. The van der Waals surface area contributed by atoms with E-state index in [1.807, 2.05) is 18.2 Å². The summed E-state index contributed by atoms with van der Waals surface area (Å²) in [6.07, 6.45) is 1.80. The van der Waals surface area contributed by atoms with Crippen molar-refractivity contribution in [2.75, 3.05) is 17.3 Å². The van der Waals surface area contributed by atoms with Crippen molar-refractivity contribution < 1.29 is 14.7 Å². The fourth-order valence-electron chi connectivity index (χ4n) is 1.82. The predicted octanol–water partition coefficient (Wildman–Crippen LogP) is 2.55. The Morgan fingerprint density at radius 3 is 2.32 bits per heavy atom. The van der Waals surface area contributed by atoms with Crippen molar-refractivity contribution in [2.24, 2.45) is 0 Å². The van der Waals surface area contributed by atoms with E-state index in [-0.39, 0.29) is 17.4 Å². The first-order valence-electron chi connectivity index (χ1n) is 6.66. The highest BCUT2D eigenvalue weighted by Gasteiger charge is 2.09. The lowest BCUT2D eigenvalue weighted by molar-refractivity contribution is -0.114. The molecule has 5 heteroatoms. The Labute approximate surface area is 128 Å². The monoisotopic (exact) mass is 296 g/mol. The number of carbonyl (C=O) groups excluding carboxylic acids is 2. The summed E-state index contributed by atoms with van der Waals surface area (Å²) in [5.74, 6) is -0.193. The van der Waals surface area contributed by atoms with Crippen LogP contribution in [0.5, 0.6) is 5.75 Å². The molecule has 22 heavy (non-hydrogen) atoms. The van der Waals surface area contributed by atoms with Crippen LogP contribution in [0.15, 0.2) is 66.4 Å². The van der Waals surface area contributed by atoms with Gasteiger partial charge in [0.15, 0.2) is 6.29 Å². The van der Waals surface area contributed by atoms with Crippen molar-refractivity contribution in [3.05, 3.63) is 66.4 Å². The number of allylic oxidation sites excluding steroid dienone is 1. The topological polar surface area (TPSA) is 69.6 Å². The van der Waals surface area contributed by atoms with E-state index in [1.165, 1.54) is 23.1 Å². The fourth-order valence-corrected chi connectivity index (χ4v) is 1.82. The lowest BCUT2D eigenvalue weighted by Crippen LogP contribution is -2.25. The average Bonchev–Trinajstić information content (AvgIpc) is 2.56. The number of amides is 1. The Kier molecular flexibility index (Phi) is 4.93. The molecule has 5 nitrogen and oxygen atoms in total. The van der Waals surface area contributed by atoms with Gasteiger partial charge in [-0.1, -0.05) is 18.2 Å². The van der Waals surface area contributed by atoms with E-state index < -0.39 is 0 Å². The molecule has 0 aliphatic rings. The van der Waals surface area contributed by atoms with Gasteiger partial charge in [-0.15, -0.1) is 0 Å². The van der Waals surface area contributed by atoms with Gasteiger partial charge >= 0.3 is 0 Å². The first-order valence-corrected chi connectivity index (χ1v) is 6.66. The van der Waals surface area contributed by atoms with E-state index in [4.69, 9.17) is 0 Å². The maximum Gasteiger partial charge on any atom is 0.252 e. The Morgan fingerprint density at radius 2 is 1.73 bits per heavy atom. The van der Waals surface area contributed by atoms with Gasteiger partial charge in [-0.2, -0.15) is 0 Å². The number of hydrogen-bond acceptors (Lipinski definition) is 4. The lowest BCUT2D eigenvalue weighted by Gasteiger charge is -2.15. The van der Waals surface area contributed by atoms with Gasteiger partial charge in [0, 0.05) is 24.5 Å². The molecule has 2 N–H and O–H groups in total. The van der Waals surface area contributed by atoms with Crippen molar-refractivity contribution in [1.82, 2.24) is 0 Å². The van der Waals surface area contributed by atoms with Gasteiger partial charge < -0.3 is 15.3 Å². The minimum Gasteiger partial charge on any atom is -0.508 e. The summed E-state index contributed by atoms with van der Waals surface area (Å²) in [6.45, 7) is 0. The second-order valence-corrected chi connectivity index (χ2v) is 4.62. The first-order chi connectivity index (χ1) is 10.6. The van der Waals surface area contributed by atoms with Crippen LogP contribution >= 0.6 is 0 Å². The summed E-state index contributed by atoms with van der Waals surface area (Å²) in [5, 5.41) is 12.0. The van der Waals surface area contributed by atoms with Gasteiger partial charge in [-0.3, -0.25) is 9.59 Å². The van der Waals surface area contributed by atoms with Crippen molar-refractivity contribution in [1.29, 1.82) is 0 Å². The molecule has 0 spiro atoms. The first kappa shape index (κ1) is 15.3. The minimum atomic E-state index is -0.320. The molecule has 0 bridgehead atoms. The molecule has 2 rings (SSSR count). The number of benzene rings is 2. The summed E-state index contributed by atoms with van der Waals surface area (Å²) in [7, 11) is 1.64. The highest BCUT2D eigenvalue weighted by Crippen LogP contribution is 2.16. The molecular weight excluding hydrogens is 280 g/mol. The third-order valence-corrected chi connectivity index (χ3v) is 3.04. The Morgan fingerprint density at radius 1 is 1.09 bits per heavy atom. The number of phenols is 1. The standard InChI is InChI=1S/C17H16N2O3/c1-19(15-5-3-2-4-6-15)17(22)11-14(12-20)18-13-7-9-16(21)10-8-13/h2-12,18,21H,1H3/b14-11+. The Balaban J connectivity index is 2.12. The van der Waals surface area contributed by atoms with Crippen LogP contribution in [0.2, 0.25) is 0 Å². The normalized spacial score (nSPS) is 10.9. The second-order valence-electron chi connectivity index (χ2n) is 4.62. The van der Waals surface area contributed by atoms with Gasteiger partial charge in [0.05, 0.1) is 5.70 Å². The summed E-state index contributed by atoms with van der Waals surface area (Å²) in [4.78, 5) is 24.7. The Bertz CT molecular complexity index is 679. The molecule has 2 aromatic rings. The summed E-state index contributed by atoms with van der Waals surface area (Å²) in [5.41, 5.74) is 1.48. The summed E-state index contributed by atoms with van der Waals surface area (Å²) in [6, 6.07) is 15.3. The number of aromatic hydroxyl groups is 1. The number of nitrogens with one attached hydrogen (secondary N) is 1. The van der Waals surface area contributed by atoms with Gasteiger partial charge in [0.25, 0.3) is 5.91 Å². The molecule has 0 radical (unpaired) electrons. The minimum absolute atomic E-state index is 0.127. The highest BCUT2D eigenvalue weighted by molar-refractivity contribution is 6.04. The number of phenolic OH excluding ortho intramolecular Hbond substituents is 1. The maximum atomic E-state index is 12.2. The fraction of sp³-hybridized carbons (Fsp3) is 0.0588. The zero-order chi connectivity index (χ0) is 15.9. The Hall–Kier alpha value is -3.08. The highest BCUT2D eigenvalue weighted by atomic mass is 16.3. The van der Waals surface area contributed by atoms with Crippen molar-refractivity contribution in [3.63, 3.8) is 0 Å². The molecule has 2 aromatic carbocycles. The van der Waals surface area contributed by atoms with Crippen LogP contribution in [0.4, 0.5) is 11.4 Å². The van der Waals surface area contributed by atoms with Crippen LogP contribution in [0.1, 0.15) is 0 Å². The molecule has 0 heterocycles. The average molecular weight is 296 g/mol. The number of para-hydroxylation sites is 1. The zero-order valence-electron chi connectivity index (χ0n) is 12.1. The van der Waals surface area contributed by atoms with Crippen molar-refractivity contribution >= 4 is 23.6 Å². The lowest BCUT2D eigenvalue weighted by atomic mass is 10.2. The van der Waals surface area contributed by atoms with Crippen LogP contribution < -0.4 is 10.2 Å². The quantitative estimate of drug-likeness (QED) is 0.505. The molecule has 0 saturated heterocycles. The van der Waals surface area contributed by atoms with Crippen LogP contribution in [0.3, 0.4) is 0 Å². The number of carbonyl (C=O) groups is 2. The van der Waals surface area contributed by atoms with Crippen molar-refractivity contribution in [3.8, 4) is 5.75 Å². The second kappa shape index (κ2) is 7.08. The van der Waals surface area contributed by atoms with E-state index in [0.717, 1.165) is 5.69 Å². The number of aldehydes is 1. The molecule has 1 amide bonds. The van der Waals surface area contributed by atoms with Crippen LogP contribution in [0, 0.1) is 0 Å².